The van der Waals surface area contributed by atoms with Gasteiger partial charge in [-0.3, -0.25) is 4.79 Å². The molecule has 0 aliphatic heterocycles. The molecule has 0 saturated heterocycles. The summed E-state index contributed by atoms with van der Waals surface area (Å²) in [6, 6.07) is 0. The number of allylic oxidation sites excluding steroid dienone is 1. The number of carbonyl (C=O) groups excluding carboxylic acids is 1. The van der Waals surface area contributed by atoms with Crippen molar-refractivity contribution in [2.75, 3.05) is 0 Å². The van der Waals surface area contributed by atoms with Gasteiger partial charge in [-0.25, -0.2) is 22.0 Å². The number of ether oxygens (including phenoxy) is 1. The van der Waals surface area contributed by atoms with Crippen molar-refractivity contribution >= 4 is 5.97 Å². The summed E-state index contributed by atoms with van der Waals surface area (Å²) < 4.78 is 71.6. The largest absolute Gasteiger partial charge is 0.460 e. The Morgan fingerprint density at radius 1 is 1.12 bits per heavy atom. The van der Waals surface area contributed by atoms with Gasteiger partial charge in [0.2, 0.25) is 0 Å². The summed E-state index contributed by atoms with van der Waals surface area (Å²) in [6.45, 7) is 1.12. The first-order valence-electron chi connectivity index (χ1n) is 7.06. The monoisotopic (exact) mass is 350 g/mol. The van der Waals surface area contributed by atoms with Gasteiger partial charge in [-0.1, -0.05) is 19.9 Å². The minimum absolute atomic E-state index is 0.289. The third-order valence-corrected chi connectivity index (χ3v) is 4.41. The average molecular weight is 350 g/mol. The van der Waals surface area contributed by atoms with E-state index in [2.05, 4.69) is 0 Å². The maximum atomic E-state index is 13.8. The van der Waals surface area contributed by atoms with Crippen LogP contribution < -0.4 is 0 Å². The van der Waals surface area contributed by atoms with E-state index in [9.17, 15) is 26.7 Å². The molecule has 0 bridgehead atoms. The van der Waals surface area contributed by atoms with Crippen LogP contribution in [0.3, 0.4) is 0 Å². The van der Waals surface area contributed by atoms with Gasteiger partial charge >= 0.3 is 5.97 Å². The molecule has 0 unspecified atom stereocenters. The first kappa shape index (κ1) is 18.4. The lowest BCUT2D eigenvalue weighted by atomic mass is 10.1. The van der Waals surface area contributed by atoms with E-state index in [4.69, 9.17) is 9.84 Å². The number of rotatable bonds is 5. The van der Waals surface area contributed by atoms with Crippen molar-refractivity contribution in [1.82, 2.24) is 0 Å². The molecular weight excluding hydrogens is 335 g/mol. The Kier molecular flexibility index (Phi) is 4.98. The summed E-state index contributed by atoms with van der Waals surface area (Å²) in [6.07, 6.45) is 1.46. The second-order valence-corrected chi connectivity index (χ2v) is 6.12. The summed E-state index contributed by atoms with van der Waals surface area (Å²) in [4.78, 5) is 11.9. The molecule has 2 rings (SSSR count). The molecule has 1 aromatic carbocycles. The summed E-state index contributed by atoms with van der Waals surface area (Å²) in [5.41, 5.74) is -2.82. The van der Waals surface area contributed by atoms with Crippen LogP contribution in [0.4, 0.5) is 22.0 Å². The topological polar surface area (TPSA) is 46.5 Å². The molecular formula is C16H15F5O3. The molecule has 24 heavy (non-hydrogen) atoms. The minimum atomic E-state index is -1.74. The normalized spacial score (nSPS) is 22.0. The Labute approximate surface area is 134 Å². The van der Waals surface area contributed by atoms with Crippen LogP contribution in [0.25, 0.3) is 0 Å². The molecule has 1 aromatic rings. The molecule has 132 valence electrons. The van der Waals surface area contributed by atoms with Crippen molar-refractivity contribution in [3.63, 3.8) is 0 Å². The number of benzene rings is 1. The average Bonchev–Trinajstić information content (AvgIpc) is 3.07. The first-order valence-corrected chi connectivity index (χ1v) is 7.06. The van der Waals surface area contributed by atoms with E-state index < -0.39 is 70.8 Å². The van der Waals surface area contributed by atoms with Gasteiger partial charge in [0.1, 0.15) is 6.61 Å². The third kappa shape index (κ3) is 2.90. The fraction of sp³-hybridized carbons (Fsp3) is 0.438. The molecule has 0 spiro atoms. The third-order valence-electron chi connectivity index (χ3n) is 4.41. The molecule has 3 nitrogen and oxygen atoms in total. The maximum Gasteiger partial charge on any atom is 0.310 e. The molecule has 0 radical (unpaired) electrons. The predicted molar refractivity (Wildman–Crippen MR) is 73.0 cm³/mol. The van der Waals surface area contributed by atoms with Crippen LogP contribution in [-0.4, -0.2) is 11.1 Å². The van der Waals surface area contributed by atoms with Gasteiger partial charge in [0.05, 0.1) is 30.0 Å². The van der Waals surface area contributed by atoms with Crippen LogP contribution in [0.15, 0.2) is 12.4 Å². The quantitative estimate of drug-likeness (QED) is 0.502. The molecule has 1 fully saturated rings. The Morgan fingerprint density at radius 3 is 2.08 bits per heavy atom. The van der Waals surface area contributed by atoms with Crippen molar-refractivity contribution < 1.29 is 36.6 Å². The smallest absolute Gasteiger partial charge is 0.310 e. The lowest BCUT2D eigenvalue weighted by molar-refractivity contribution is -0.147. The maximum absolute atomic E-state index is 13.8. The van der Waals surface area contributed by atoms with Gasteiger partial charge in [-0.15, -0.1) is 0 Å². The van der Waals surface area contributed by atoms with Crippen molar-refractivity contribution in [2.45, 2.75) is 27.1 Å². The minimum Gasteiger partial charge on any atom is -0.460 e. The fourth-order valence-electron chi connectivity index (χ4n) is 2.79. The van der Waals surface area contributed by atoms with E-state index in [1.807, 2.05) is 0 Å². The van der Waals surface area contributed by atoms with Crippen molar-refractivity contribution in [2.24, 2.45) is 17.3 Å². The summed E-state index contributed by atoms with van der Waals surface area (Å²) in [7, 11) is 0. The molecule has 0 amide bonds. The van der Waals surface area contributed by atoms with Gasteiger partial charge in [-0.2, -0.15) is 0 Å². The van der Waals surface area contributed by atoms with Crippen LogP contribution in [0.5, 0.6) is 0 Å². The number of hydrogen-bond acceptors (Lipinski definition) is 3. The number of aliphatic hydroxyl groups excluding tert-OH is 1. The lowest BCUT2D eigenvalue weighted by Gasteiger charge is -2.11. The number of aliphatic hydroxyl groups is 1. The second-order valence-electron chi connectivity index (χ2n) is 6.12. The highest BCUT2D eigenvalue weighted by Gasteiger charge is 2.61. The van der Waals surface area contributed by atoms with Gasteiger partial charge in [-0.05, 0) is 11.3 Å². The molecule has 2 atom stereocenters. The molecule has 1 saturated carbocycles. The molecule has 8 heteroatoms. The van der Waals surface area contributed by atoms with Crippen LogP contribution in [0.2, 0.25) is 0 Å². The van der Waals surface area contributed by atoms with E-state index >= 15 is 0 Å². The highest BCUT2D eigenvalue weighted by atomic mass is 19.2. The zero-order chi connectivity index (χ0) is 18.2. The number of esters is 1. The van der Waals surface area contributed by atoms with Crippen LogP contribution in [-0.2, 0) is 22.7 Å². The molecule has 0 aromatic heterocycles. The Balaban J connectivity index is 2.18. The fourth-order valence-corrected chi connectivity index (χ4v) is 2.79. The second kappa shape index (κ2) is 6.51. The van der Waals surface area contributed by atoms with Gasteiger partial charge in [0.15, 0.2) is 23.3 Å². The van der Waals surface area contributed by atoms with Crippen LogP contribution >= 0.6 is 0 Å². The molecule has 1 aliphatic carbocycles. The Bertz CT molecular complexity index is 670. The van der Waals surface area contributed by atoms with Crippen molar-refractivity contribution in [3.05, 3.63) is 46.8 Å². The molecule has 1 aliphatic rings. The molecule has 0 heterocycles. The van der Waals surface area contributed by atoms with E-state index in [-0.39, 0.29) is 6.33 Å². The van der Waals surface area contributed by atoms with E-state index in [0.717, 1.165) is 0 Å². The summed E-state index contributed by atoms with van der Waals surface area (Å²) in [5.74, 6) is -8.96. The number of carbonyl (C=O) groups is 1. The molecule has 1 N–H and O–H groups in total. The van der Waals surface area contributed by atoms with Crippen LogP contribution in [0.1, 0.15) is 25.0 Å². The zero-order valence-electron chi connectivity index (χ0n) is 12.9. The van der Waals surface area contributed by atoms with Crippen molar-refractivity contribution in [1.29, 1.82) is 0 Å². The number of hydrogen-bond donors (Lipinski definition) is 1. The highest BCUT2D eigenvalue weighted by molar-refractivity contribution is 5.78. The Hall–Kier alpha value is -1.96. The number of halogens is 5. The highest BCUT2D eigenvalue weighted by Crippen LogP contribution is 2.59. The summed E-state index contributed by atoms with van der Waals surface area (Å²) in [5, 5.41) is 8.74. The van der Waals surface area contributed by atoms with Gasteiger partial charge in [0.25, 0.3) is 0 Å². The van der Waals surface area contributed by atoms with E-state index in [1.165, 1.54) is 6.08 Å². The van der Waals surface area contributed by atoms with Gasteiger partial charge in [0, 0.05) is 0 Å². The standard InChI is InChI=1S/C16H15F5O3/c1-16(2)9(3-4-17)10(16)15(23)24-6-8-13(20)11(18)7(5-22)12(19)14(8)21/h3-4,9-10,22H,5-6H2,1-2H3/t9-,10-/m0/s1. The van der Waals surface area contributed by atoms with Gasteiger partial charge < -0.3 is 9.84 Å². The zero-order valence-corrected chi connectivity index (χ0v) is 12.9. The summed E-state index contributed by atoms with van der Waals surface area (Å²) >= 11 is 0. The van der Waals surface area contributed by atoms with Crippen molar-refractivity contribution in [3.8, 4) is 0 Å². The Morgan fingerprint density at radius 2 is 1.62 bits per heavy atom. The lowest BCUT2D eigenvalue weighted by Crippen LogP contribution is -2.14. The first-order chi connectivity index (χ1) is 11.2. The van der Waals surface area contributed by atoms with Crippen LogP contribution in [0, 0.1) is 40.5 Å². The van der Waals surface area contributed by atoms with E-state index in [1.54, 1.807) is 13.8 Å². The van der Waals surface area contributed by atoms with E-state index in [0.29, 0.717) is 0 Å². The SMILES string of the molecule is CC1(C)[C@H](C(=O)OCc2c(F)c(F)c(CO)c(F)c2F)[C@@H]1C=CF. The predicted octanol–water partition coefficient (Wildman–Crippen LogP) is 3.53.